The number of thioether (sulfide) groups is 1. The van der Waals surface area contributed by atoms with Crippen molar-refractivity contribution in [1.29, 1.82) is 0 Å². The molecule has 2 aromatic rings. The third-order valence-electron chi connectivity index (χ3n) is 3.63. The summed E-state index contributed by atoms with van der Waals surface area (Å²) < 4.78 is 0. The molecule has 0 bridgehead atoms. The number of carbonyl (C=O) groups excluding carboxylic acids is 1. The third-order valence-corrected chi connectivity index (χ3v) is 4.84. The van der Waals surface area contributed by atoms with Gasteiger partial charge < -0.3 is 4.90 Å². The number of hydrogen-bond donors (Lipinski definition) is 0. The van der Waals surface area contributed by atoms with Gasteiger partial charge >= 0.3 is 0 Å². The zero-order valence-corrected chi connectivity index (χ0v) is 13.6. The quantitative estimate of drug-likeness (QED) is 0.477. The van der Waals surface area contributed by atoms with Crippen molar-refractivity contribution in [2.45, 2.75) is 11.3 Å². The van der Waals surface area contributed by atoms with Crippen molar-refractivity contribution in [3.63, 3.8) is 0 Å². The van der Waals surface area contributed by atoms with Crippen LogP contribution in [0.3, 0.4) is 0 Å². The van der Waals surface area contributed by atoms with Gasteiger partial charge in [-0.3, -0.25) is 14.9 Å². The van der Waals surface area contributed by atoms with E-state index in [4.69, 9.17) is 11.6 Å². The van der Waals surface area contributed by atoms with E-state index in [1.165, 1.54) is 17.8 Å². The Bertz CT molecular complexity index is 782. The fourth-order valence-electron chi connectivity index (χ4n) is 2.54. The van der Waals surface area contributed by atoms with Crippen LogP contribution in [0.25, 0.3) is 0 Å². The molecule has 0 atom stereocenters. The summed E-state index contributed by atoms with van der Waals surface area (Å²) in [6.07, 6.45) is 0.643. The minimum atomic E-state index is -0.417. The predicted octanol–water partition coefficient (Wildman–Crippen LogP) is 3.93. The number of non-ortho nitro benzene ring substituents is 1. The van der Waals surface area contributed by atoms with Crippen molar-refractivity contribution in [2.75, 3.05) is 17.2 Å². The molecule has 0 saturated carbocycles. The van der Waals surface area contributed by atoms with Gasteiger partial charge in [0.1, 0.15) is 0 Å². The van der Waals surface area contributed by atoms with Crippen molar-refractivity contribution in [1.82, 2.24) is 0 Å². The van der Waals surface area contributed by atoms with Gasteiger partial charge in [0.2, 0.25) is 5.91 Å². The Kier molecular flexibility index (Phi) is 4.54. The molecule has 1 heterocycles. The molecule has 2 aromatic carbocycles. The summed E-state index contributed by atoms with van der Waals surface area (Å²) in [5.74, 6) is 0.291. The molecule has 0 aromatic heterocycles. The summed E-state index contributed by atoms with van der Waals surface area (Å²) in [4.78, 5) is 25.5. The van der Waals surface area contributed by atoms with E-state index in [-0.39, 0.29) is 11.6 Å². The number of halogens is 1. The second kappa shape index (κ2) is 6.60. The first kappa shape index (κ1) is 15.8. The van der Waals surface area contributed by atoms with Crippen molar-refractivity contribution in [3.05, 3.63) is 63.2 Å². The monoisotopic (exact) mass is 348 g/mol. The number of anilines is 1. The number of rotatable bonds is 4. The molecular formula is C16H13ClN2O3S. The summed E-state index contributed by atoms with van der Waals surface area (Å²) in [7, 11) is 0. The molecule has 0 unspecified atom stereocenters. The molecule has 5 nitrogen and oxygen atoms in total. The van der Waals surface area contributed by atoms with Gasteiger partial charge in [-0.2, -0.15) is 0 Å². The summed E-state index contributed by atoms with van der Waals surface area (Å²) in [5.41, 5.74) is 1.68. The first-order chi connectivity index (χ1) is 11.0. The lowest BCUT2D eigenvalue weighted by Gasteiger charge is -2.17. The molecule has 0 N–H and O–H groups in total. The predicted molar refractivity (Wildman–Crippen MR) is 91.3 cm³/mol. The Balaban J connectivity index is 1.69. The fraction of sp³-hybridized carbons (Fsp3) is 0.188. The number of fused-ring (bicyclic) bond motifs is 1. The summed E-state index contributed by atoms with van der Waals surface area (Å²) in [5, 5.41) is 11.5. The number of carbonyl (C=O) groups is 1. The highest BCUT2D eigenvalue weighted by Crippen LogP contribution is 2.32. The second-order valence-electron chi connectivity index (χ2n) is 5.11. The highest BCUT2D eigenvalue weighted by molar-refractivity contribution is 8.00. The molecule has 0 fully saturated rings. The van der Waals surface area contributed by atoms with Crippen LogP contribution in [0.5, 0.6) is 0 Å². The topological polar surface area (TPSA) is 63.5 Å². The molecule has 0 spiro atoms. The molecule has 118 valence electrons. The average molecular weight is 349 g/mol. The minimum Gasteiger partial charge on any atom is -0.311 e. The number of nitro groups is 1. The average Bonchev–Trinajstić information content (AvgIpc) is 2.95. The molecule has 1 amide bonds. The van der Waals surface area contributed by atoms with Gasteiger partial charge in [0.15, 0.2) is 0 Å². The second-order valence-corrected chi connectivity index (χ2v) is 6.60. The largest absolute Gasteiger partial charge is 0.311 e. The highest BCUT2D eigenvalue weighted by atomic mass is 35.5. The van der Waals surface area contributed by atoms with Crippen LogP contribution in [0.1, 0.15) is 5.56 Å². The Hall–Kier alpha value is -2.05. The SMILES string of the molecule is O=C(CSc1cccc(Cl)c1)N1CCc2cc([N+](=O)[O-])ccc21. The van der Waals surface area contributed by atoms with Crippen LogP contribution in [0, 0.1) is 10.1 Å². The number of benzene rings is 2. The number of amides is 1. The van der Waals surface area contributed by atoms with Gasteiger partial charge in [-0.15, -0.1) is 11.8 Å². The van der Waals surface area contributed by atoms with E-state index in [0.29, 0.717) is 23.7 Å². The van der Waals surface area contributed by atoms with E-state index in [1.54, 1.807) is 23.1 Å². The molecule has 7 heteroatoms. The maximum atomic E-state index is 12.4. The Morgan fingerprint density at radius 1 is 1.30 bits per heavy atom. The van der Waals surface area contributed by atoms with Gasteiger partial charge in [0.05, 0.1) is 10.7 Å². The van der Waals surface area contributed by atoms with Crippen LogP contribution >= 0.6 is 23.4 Å². The van der Waals surface area contributed by atoms with E-state index in [9.17, 15) is 14.9 Å². The van der Waals surface area contributed by atoms with Gasteiger partial charge in [0.25, 0.3) is 5.69 Å². The molecule has 0 saturated heterocycles. The smallest absolute Gasteiger partial charge is 0.269 e. The zero-order chi connectivity index (χ0) is 16.4. The standard InChI is InChI=1S/C16H13ClN2O3S/c17-12-2-1-3-14(9-12)23-10-16(20)18-7-6-11-8-13(19(21)22)4-5-15(11)18/h1-5,8-9H,6-7,10H2. The van der Waals surface area contributed by atoms with Gasteiger partial charge in [-0.1, -0.05) is 17.7 Å². The third kappa shape index (κ3) is 3.48. The van der Waals surface area contributed by atoms with E-state index in [1.807, 2.05) is 18.2 Å². The normalized spacial score (nSPS) is 13.0. The van der Waals surface area contributed by atoms with E-state index < -0.39 is 4.92 Å². The van der Waals surface area contributed by atoms with Crippen molar-refractivity contribution in [3.8, 4) is 0 Å². The zero-order valence-electron chi connectivity index (χ0n) is 12.1. The number of nitrogens with zero attached hydrogens (tertiary/aromatic N) is 2. The Labute approximate surface area is 142 Å². The van der Waals surface area contributed by atoms with Crippen LogP contribution in [0.2, 0.25) is 5.02 Å². The van der Waals surface area contributed by atoms with Crippen molar-refractivity contribution in [2.24, 2.45) is 0 Å². The molecule has 3 rings (SSSR count). The fourth-order valence-corrected chi connectivity index (χ4v) is 3.63. The number of nitro benzene ring substituents is 1. The van der Waals surface area contributed by atoms with E-state index in [0.717, 1.165) is 16.1 Å². The lowest BCUT2D eigenvalue weighted by atomic mass is 10.1. The lowest BCUT2D eigenvalue weighted by molar-refractivity contribution is -0.384. The van der Waals surface area contributed by atoms with Crippen LogP contribution < -0.4 is 4.90 Å². The van der Waals surface area contributed by atoms with Crippen molar-refractivity contribution < 1.29 is 9.72 Å². The Morgan fingerprint density at radius 2 is 2.13 bits per heavy atom. The van der Waals surface area contributed by atoms with Gasteiger partial charge in [0, 0.05) is 34.3 Å². The van der Waals surface area contributed by atoms with Gasteiger partial charge in [-0.25, -0.2) is 0 Å². The van der Waals surface area contributed by atoms with Crippen LogP contribution in [0.4, 0.5) is 11.4 Å². The van der Waals surface area contributed by atoms with Crippen LogP contribution in [0.15, 0.2) is 47.4 Å². The molecule has 1 aliphatic heterocycles. The molecular weight excluding hydrogens is 336 g/mol. The molecule has 1 aliphatic rings. The molecule has 23 heavy (non-hydrogen) atoms. The van der Waals surface area contributed by atoms with Crippen LogP contribution in [-0.2, 0) is 11.2 Å². The van der Waals surface area contributed by atoms with Gasteiger partial charge in [-0.05, 0) is 36.2 Å². The first-order valence-corrected chi connectivity index (χ1v) is 8.37. The molecule has 0 radical (unpaired) electrons. The van der Waals surface area contributed by atoms with Crippen molar-refractivity contribution >= 4 is 40.6 Å². The lowest BCUT2D eigenvalue weighted by Crippen LogP contribution is -2.30. The summed E-state index contributed by atoms with van der Waals surface area (Å²) in [6.45, 7) is 0.561. The van der Waals surface area contributed by atoms with Crippen LogP contribution in [-0.4, -0.2) is 23.1 Å². The summed E-state index contributed by atoms with van der Waals surface area (Å²) >= 11 is 7.36. The summed E-state index contributed by atoms with van der Waals surface area (Å²) in [6, 6.07) is 12.0. The molecule has 0 aliphatic carbocycles. The Morgan fingerprint density at radius 3 is 2.87 bits per heavy atom. The highest BCUT2D eigenvalue weighted by Gasteiger charge is 2.26. The maximum absolute atomic E-state index is 12.4. The minimum absolute atomic E-state index is 0.0115. The number of hydrogen-bond acceptors (Lipinski definition) is 4. The maximum Gasteiger partial charge on any atom is 0.269 e. The first-order valence-electron chi connectivity index (χ1n) is 7.00. The van der Waals surface area contributed by atoms with E-state index >= 15 is 0 Å². The van der Waals surface area contributed by atoms with E-state index in [2.05, 4.69) is 0 Å².